The molecule has 1 saturated carbocycles. The zero-order valence-corrected chi connectivity index (χ0v) is 11.9. The Morgan fingerprint density at radius 3 is 2.55 bits per heavy atom. The molecule has 0 atom stereocenters. The van der Waals surface area contributed by atoms with E-state index in [4.69, 9.17) is 0 Å². The molecular formula is C16H23N3O. The molecule has 4 nitrogen and oxygen atoms in total. The van der Waals surface area contributed by atoms with Crippen LogP contribution in [0.15, 0.2) is 24.4 Å². The van der Waals surface area contributed by atoms with E-state index in [0.29, 0.717) is 11.9 Å². The maximum absolute atomic E-state index is 12.1. The molecule has 2 aliphatic rings. The second-order valence-electron chi connectivity index (χ2n) is 5.94. The predicted molar refractivity (Wildman–Crippen MR) is 79.6 cm³/mol. The second-order valence-corrected chi connectivity index (χ2v) is 5.94. The molecule has 0 aromatic carbocycles. The number of rotatable bonds is 3. The van der Waals surface area contributed by atoms with E-state index < -0.39 is 0 Å². The quantitative estimate of drug-likeness (QED) is 0.919. The van der Waals surface area contributed by atoms with Gasteiger partial charge in [0.2, 0.25) is 5.91 Å². The van der Waals surface area contributed by atoms with Gasteiger partial charge in [0, 0.05) is 31.2 Å². The molecule has 20 heavy (non-hydrogen) atoms. The number of amides is 1. The summed E-state index contributed by atoms with van der Waals surface area (Å²) in [6.07, 6.45) is 8.48. The number of carbonyl (C=O) groups is 1. The van der Waals surface area contributed by atoms with Crippen LogP contribution < -0.4 is 10.2 Å². The molecule has 2 heterocycles. The van der Waals surface area contributed by atoms with Crippen LogP contribution in [-0.4, -0.2) is 30.0 Å². The molecule has 0 unspecified atom stereocenters. The number of pyridine rings is 1. The summed E-state index contributed by atoms with van der Waals surface area (Å²) in [6.45, 7) is 1.96. The molecule has 1 saturated heterocycles. The van der Waals surface area contributed by atoms with E-state index in [0.717, 1.165) is 44.6 Å². The fourth-order valence-electron chi connectivity index (χ4n) is 3.30. The van der Waals surface area contributed by atoms with Gasteiger partial charge in [-0.1, -0.05) is 18.9 Å². The minimum atomic E-state index is 0.281. The number of aromatic nitrogens is 1. The summed E-state index contributed by atoms with van der Waals surface area (Å²) in [7, 11) is 0. The Hall–Kier alpha value is -1.58. The van der Waals surface area contributed by atoms with Gasteiger partial charge in [-0.2, -0.15) is 0 Å². The van der Waals surface area contributed by atoms with Gasteiger partial charge in [0.25, 0.3) is 0 Å². The van der Waals surface area contributed by atoms with Crippen LogP contribution in [0, 0.1) is 5.92 Å². The largest absolute Gasteiger partial charge is 0.356 e. The highest BCUT2D eigenvalue weighted by Crippen LogP contribution is 2.25. The lowest BCUT2D eigenvalue weighted by molar-refractivity contribution is -0.125. The minimum Gasteiger partial charge on any atom is -0.356 e. The van der Waals surface area contributed by atoms with Crippen LogP contribution in [0.3, 0.4) is 0 Å². The zero-order chi connectivity index (χ0) is 13.8. The highest BCUT2D eigenvalue weighted by Gasteiger charge is 2.26. The van der Waals surface area contributed by atoms with Crippen LogP contribution in [0.4, 0.5) is 5.82 Å². The van der Waals surface area contributed by atoms with Gasteiger partial charge in [-0.25, -0.2) is 4.98 Å². The maximum Gasteiger partial charge on any atom is 0.223 e. The molecule has 2 fully saturated rings. The summed E-state index contributed by atoms with van der Waals surface area (Å²) in [5.74, 6) is 1.62. The van der Waals surface area contributed by atoms with Gasteiger partial charge in [-0.3, -0.25) is 4.79 Å². The zero-order valence-electron chi connectivity index (χ0n) is 11.9. The van der Waals surface area contributed by atoms with Crippen molar-refractivity contribution in [1.82, 2.24) is 10.3 Å². The number of piperidine rings is 1. The molecular weight excluding hydrogens is 250 g/mol. The van der Waals surface area contributed by atoms with Crippen molar-refractivity contribution in [3.8, 4) is 0 Å². The summed E-state index contributed by atoms with van der Waals surface area (Å²) >= 11 is 0. The summed E-state index contributed by atoms with van der Waals surface area (Å²) in [4.78, 5) is 18.8. The number of hydrogen-bond acceptors (Lipinski definition) is 3. The first-order valence-electron chi connectivity index (χ1n) is 7.79. The molecule has 0 radical (unpaired) electrons. The first kappa shape index (κ1) is 13.4. The Kier molecular flexibility index (Phi) is 4.19. The van der Waals surface area contributed by atoms with Gasteiger partial charge in [0.1, 0.15) is 5.82 Å². The van der Waals surface area contributed by atoms with Gasteiger partial charge in [-0.15, -0.1) is 0 Å². The molecule has 1 aromatic rings. The van der Waals surface area contributed by atoms with Crippen molar-refractivity contribution in [2.75, 3.05) is 18.0 Å². The standard InChI is InChI=1S/C16H23N3O/c20-16(13-5-1-2-6-13)18-14-8-11-19(12-9-14)15-7-3-4-10-17-15/h3-4,7,10,13-14H,1-2,5-6,8-9,11-12H2,(H,18,20). The lowest BCUT2D eigenvalue weighted by Gasteiger charge is -2.33. The van der Waals surface area contributed by atoms with Crippen molar-refractivity contribution in [2.24, 2.45) is 5.92 Å². The Balaban J connectivity index is 1.47. The molecule has 1 aromatic heterocycles. The van der Waals surface area contributed by atoms with Crippen molar-refractivity contribution in [3.63, 3.8) is 0 Å². The highest BCUT2D eigenvalue weighted by atomic mass is 16.1. The Labute approximate surface area is 120 Å². The molecule has 4 heteroatoms. The van der Waals surface area contributed by atoms with Gasteiger partial charge in [0.05, 0.1) is 0 Å². The van der Waals surface area contributed by atoms with Crippen molar-refractivity contribution in [3.05, 3.63) is 24.4 Å². The third-order valence-corrected chi connectivity index (χ3v) is 4.54. The van der Waals surface area contributed by atoms with Gasteiger partial charge in [-0.05, 0) is 37.8 Å². The first-order chi connectivity index (χ1) is 9.83. The third-order valence-electron chi connectivity index (χ3n) is 4.54. The Bertz CT molecular complexity index is 434. The first-order valence-corrected chi connectivity index (χ1v) is 7.79. The minimum absolute atomic E-state index is 0.281. The van der Waals surface area contributed by atoms with Crippen molar-refractivity contribution in [1.29, 1.82) is 0 Å². The van der Waals surface area contributed by atoms with E-state index in [-0.39, 0.29) is 5.92 Å². The van der Waals surface area contributed by atoms with Crippen LogP contribution in [0.1, 0.15) is 38.5 Å². The lowest BCUT2D eigenvalue weighted by atomic mass is 10.0. The van der Waals surface area contributed by atoms with Crippen LogP contribution in [0.25, 0.3) is 0 Å². The predicted octanol–water partition coefficient (Wildman–Crippen LogP) is 2.36. The van der Waals surface area contributed by atoms with Gasteiger partial charge in [0.15, 0.2) is 0 Å². The fourth-order valence-corrected chi connectivity index (χ4v) is 3.30. The highest BCUT2D eigenvalue weighted by molar-refractivity contribution is 5.79. The Morgan fingerprint density at radius 1 is 1.15 bits per heavy atom. The van der Waals surface area contributed by atoms with Gasteiger partial charge >= 0.3 is 0 Å². The summed E-state index contributed by atoms with van der Waals surface area (Å²) in [6, 6.07) is 6.37. The average Bonchev–Trinajstić information content (AvgIpc) is 3.03. The van der Waals surface area contributed by atoms with Crippen LogP contribution in [0.2, 0.25) is 0 Å². The topological polar surface area (TPSA) is 45.2 Å². The molecule has 3 rings (SSSR count). The normalized spacial score (nSPS) is 21.1. The lowest BCUT2D eigenvalue weighted by Crippen LogP contribution is -2.46. The Morgan fingerprint density at radius 2 is 1.90 bits per heavy atom. The number of nitrogens with zero attached hydrogens (tertiary/aromatic N) is 2. The summed E-state index contributed by atoms with van der Waals surface area (Å²) in [5, 5.41) is 3.25. The van der Waals surface area contributed by atoms with E-state index >= 15 is 0 Å². The average molecular weight is 273 g/mol. The molecule has 1 amide bonds. The van der Waals surface area contributed by atoms with Crippen molar-refractivity contribution >= 4 is 11.7 Å². The SMILES string of the molecule is O=C(NC1CCN(c2ccccn2)CC1)C1CCCC1. The third kappa shape index (κ3) is 3.11. The second kappa shape index (κ2) is 6.25. The number of hydrogen-bond donors (Lipinski definition) is 1. The molecule has 0 spiro atoms. The molecule has 1 aliphatic heterocycles. The smallest absolute Gasteiger partial charge is 0.223 e. The van der Waals surface area contributed by atoms with E-state index in [9.17, 15) is 4.79 Å². The molecule has 1 aliphatic carbocycles. The van der Waals surface area contributed by atoms with E-state index in [1.807, 2.05) is 18.3 Å². The fraction of sp³-hybridized carbons (Fsp3) is 0.625. The summed E-state index contributed by atoms with van der Waals surface area (Å²) in [5.41, 5.74) is 0. The van der Waals surface area contributed by atoms with Crippen LogP contribution in [-0.2, 0) is 4.79 Å². The number of anilines is 1. The number of carbonyl (C=O) groups excluding carboxylic acids is 1. The van der Waals surface area contributed by atoms with E-state index in [1.165, 1.54) is 12.8 Å². The van der Waals surface area contributed by atoms with Crippen molar-refractivity contribution in [2.45, 2.75) is 44.6 Å². The van der Waals surface area contributed by atoms with Crippen LogP contribution >= 0.6 is 0 Å². The molecule has 0 bridgehead atoms. The number of nitrogens with one attached hydrogen (secondary N) is 1. The van der Waals surface area contributed by atoms with E-state index in [2.05, 4.69) is 21.3 Å². The summed E-state index contributed by atoms with van der Waals surface area (Å²) < 4.78 is 0. The van der Waals surface area contributed by atoms with E-state index in [1.54, 1.807) is 0 Å². The molecule has 108 valence electrons. The monoisotopic (exact) mass is 273 g/mol. The maximum atomic E-state index is 12.1. The van der Waals surface area contributed by atoms with Crippen molar-refractivity contribution < 1.29 is 4.79 Å². The van der Waals surface area contributed by atoms with Crippen LogP contribution in [0.5, 0.6) is 0 Å². The van der Waals surface area contributed by atoms with Gasteiger partial charge < -0.3 is 10.2 Å². The molecule has 1 N–H and O–H groups in total.